The van der Waals surface area contributed by atoms with E-state index >= 15 is 0 Å². The Kier molecular flexibility index (Phi) is 5.02. The Balaban J connectivity index is 1.63. The number of benzene rings is 1. The van der Waals surface area contributed by atoms with Gasteiger partial charge in [-0.05, 0) is 31.5 Å². The van der Waals surface area contributed by atoms with Crippen LogP contribution >= 0.6 is 0 Å². The van der Waals surface area contributed by atoms with Crippen LogP contribution in [0.5, 0.6) is 0 Å². The van der Waals surface area contributed by atoms with Crippen LogP contribution in [0, 0.1) is 0 Å². The van der Waals surface area contributed by atoms with E-state index in [0.29, 0.717) is 13.3 Å². The molecule has 2 rings (SSSR count). The Morgan fingerprint density at radius 3 is 2.61 bits per heavy atom. The van der Waals surface area contributed by atoms with Crippen LogP contribution in [-0.4, -0.2) is 30.8 Å². The third kappa shape index (κ3) is 4.37. The summed E-state index contributed by atoms with van der Waals surface area (Å²) in [5.74, 6) is 0. The number of carbonyl (C=O) groups is 1. The van der Waals surface area contributed by atoms with E-state index < -0.39 is 0 Å². The number of hydrogen-bond acceptors (Lipinski definition) is 3. The molecule has 4 heteroatoms. The summed E-state index contributed by atoms with van der Waals surface area (Å²) in [7, 11) is 0. The molecule has 1 aliphatic rings. The highest BCUT2D eigenvalue weighted by molar-refractivity contribution is 5.67. The number of nitrogens with one attached hydrogen (secondary N) is 1. The molecule has 1 fully saturated rings. The van der Waals surface area contributed by atoms with Gasteiger partial charge >= 0.3 is 6.09 Å². The summed E-state index contributed by atoms with van der Waals surface area (Å²) in [6.07, 6.45) is 3.40. The average molecular weight is 248 g/mol. The standard InChI is InChI=1S/C14H20N2O2/c17-14(15-12-16-9-5-2-6-10-16)18-11-13-7-3-1-4-8-13/h1,3-4,7-8H,2,5-6,9-12H2,(H,15,17). The summed E-state index contributed by atoms with van der Waals surface area (Å²) >= 11 is 0. The van der Waals surface area contributed by atoms with Gasteiger partial charge in [-0.1, -0.05) is 36.8 Å². The van der Waals surface area contributed by atoms with E-state index in [1.165, 1.54) is 19.3 Å². The first-order valence-corrected chi connectivity index (χ1v) is 6.51. The predicted octanol–water partition coefficient (Wildman–Crippen LogP) is 2.36. The zero-order chi connectivity index (χ0) is 12.6. The molecule has 0 spiro atoms. The third-order valence-electron chi connectivity index (χ3n) is 3.11. The lowest BCUT2D eigenvalue weighted by molar-refractivity contribution is 0.127. The minimum absolute atomic E-state index is 0.326. The average Bonchev–Trinajstić information content (AvgIpc) is 2.45. The van der Waals surface area contributed by atoms with Crippen LogP contribution in [0.3, 0.4) is 0 Å². The van der Waals surface area contributed by atoms with Gasteiger partial charge in [0.15, 0.2) is 0 Å². The van der Waals surface area contributed by atoms with Crippen LogP contribution in [-0.2, 0) is 11.3 Å². The van der Waals surface area contributed by atoms with E-state index in [2.05, 4.69) is 10.2 Å². The third-order valence-corrected chi connectivity index (χ3v) is 3.11. The molecular weight excluding hydrogens is 228 g/mol. The van der Waals surface area contributed by atoms with Crippen molar-refractivity contribution < 1.29 is 9.53 Å². The molecule has 1 amide bonds. The molecule has 98 valence electrons. The minimum Gasteiger partial charge on any atom is -0.445 e. The molecular formula is C14H20N2O2. The van der Waals surface area contributed by atoms with Gasteiger partial charge in [0.1, 0.15) is 6.61 Å². The highest BCUT2D eigenvalue weighted by atomic mass is 16.5. The molecule has 18 heavy (non-hydrogen) atoms. The van der Waals surface area contributed by atoms with Crippen LogP contribution in [0.15, 0.2) is 30.3 Å². The second-order valence-electron chi connectivity index (χ2n) is 4.58. The van der Waals surface area contributed by atoms with Crippen LogP contribution in [0.1, 0.15) is 24.8 Å². The van der Waals surface area contributed by atoms with Gasteiger partial charge in [-0.25, -0.2) is 4.79 Å². The number of piperidine rings is 1. The number of ether oxygens (including phenoxy) is 1. The second kappa shape index (κ2) is 7.01. The van der Waals surface area contributed by atoms with Gasteiger partial charge in [0.25, 0.3) is 0 Å². The summed E-state index contributed by atoms with van der Waals surface area (Å²) in [5, 5.41) is 2.79. The molecule has 0 aromatic heterocycles. The molecule has 1 aromatic carbocycles. The quantitative estimate of drug-likeness (QED) is 0.889. The number of likely N-dealkylation sites (tertiary alicyclic amines) is 1. The van der Waals surface area contributed by atoms with Crippen LogP contribution < -0.4 is 5.32 Å². The highest BCUT2D eigenvalue weighted by Gasteiger charge is 2.11. The van der Waals surface area contributed by atoms with Gasteiger partial charge in [0, 0.05) is 0 Å². The van der Waals surface area contributed by atoms with Crippen molar-refractivity contribution >= 4 is 6.09 Å². The first-order chi connectivity index (χ1) is 8.84. The topological polar surface area (TPSA) is 41.6 Å². The van der Waals surface area contributed by atoms with Crippen molar-refractivity contribution in [2.45, 2.75) is 25.9 Å². The van der Waals surface area contributed by atoms with Crippen LogP contribution in [0.2, 0.25) is 0 Å². The Labute approximate surface area is 108 Å². The lowest BCUT2D eigenvalue weighted by Gasteiger charge is -2.26. The van der Waals surface area contributed by atoms with Crippen molar-refractivity contribution in [1.29, 1.82) is 0 Å². The maximum Gasteiger partial charge on any atom is 0.408 e. The predicted molar refractivity (Wildman–Crippen MR) is 70.1 cm³/mol. The SMILES string of the molecule is O=C(NCN1CCCCC1)OCc1ccccc1. The van der Waals surface area contributed by atoms with Gasteiger partial charge in [-0.2, -0.15) is 0 Å². The van der Waals surface area contributed by atoms with Crippen molar-refractivity contribution in [3.63, 3.8) is 0 Å². The number of amides is 1. The number of carbonyl (C=O) groups excluding carboxylic acids is 1. The van der Waals surface area contributed by atoms with E-state index in [-0.39, 0.29) is 6.09 Å². The molecule has 0 aliphatic carbocycles. The van der Waals surface area contributed by atoms with Crippen molar-refractivity contribution in [3.05, 3.63) is 35.9 Å². The minimum atomic E-state index is -0.343. The molecule has 4 nitrogen and oxygen atoms in total. The van der Waals surface area contributed by atoms with Gasteiger partial charge in [-0.15, -0.1) is 0 Å². The van der Waals surface area contributed by atoms with Gasteiger partial charge in [-0.3, -0.25) is 4.90 Å². The van der Waals surface area contributed by atoms with Crippen molar-refractivity contribution in [1.82, 2.24) is 10.2 Å². The number of nitrogens with zero attached hydrogens (tertiary/aromatic N) is 1. The lowest BCUT2D eigenvalue weighted by atomic mass is 10.1. The molecule has 0 bridgehead atoms. The zero-order valence-corrected chi connectivity index (χ0v) is 10.6. The fourth-order valence-corrected chi connectivity index (χ4v) is 2.07. The van der Waals surface area contributed by atoms with Crippen molar-refractivity contribution in [2.75, 3.05) is 19.8 Å². The summed E-state index contributed by atoms with van der Waals surface area (Å²) < 4.78 is 5.14. The molecule has 0 atom stereocenters. The van der Waals surface area contributed by atoms with Gasteiger partial charge in [0.2, 0.25) is 0 Å². The molecule has 1 aliphatic heterocycles. The van der Waals surface area contributed by atoms with Crippen LogP contribution in [0.4, 0.5) is 4.79 Å². The summed E-state index contributed by atoms with van der Waals surface area (Å²) in [5.41, 5.74) is 1.01. The number of alkyl carbamates (subject to hydrolysis) is 1. The molecule has 0 radical (unpaired) electrons. The Morgan fingerprint density at radius 2 is 1.89 bits per heavy atom. The van der Waals surface area contributed by atoms with E-state index in [0.717, 1.165) is 18.7 Å². The van der Waals surface area contributed by atoms with Crippen molar-refractivity contribution in [3.8, 4) is 0 Å². The fourth-order valence-electron chi connectivity index (χ4n) is 2.07. The molecule has 1 aromatic rings. The smallest absolute Gasteiger partial charge is 0.408 e. The molecule has 1 heterocycles. The molecule has 1 N–H and O–H groups in total. The highest BCUT2D eigenvalue weighted by Crippen LogP contribution is 2.07. The van der Waals surface area contributed by atoms with E-state index in [1.807, 2.05) is 30.3 Å². The monoisotopic (exact) mass is 248 g/mol. The number of rotatable bonds is 4. The largest absolute Gasteiger partial charge is 0.445 e. The maximum atomic E-state index is 11.5. The Bertz CT molecular complexity index is 361. The van der Waals surface area contributed by atoms with Crippen molar-refractivity contribution in [2.24, 2.45) is 0 Å². The summed E-state index contributed by atoms with van der Waals surface area (Å²) in [6, 6.07) is 9.70. The van der Waals surface area contributed by atoms with E-state index in [4.69, 9.17) is 4.74 Å². The Hall–Kier alpha value is -1.55. The first kappa shape index (κ1) is 12.9. The zero-order valence-electron chi connectivity index (χ0n) is 10.6. The normalized spacial score (nSPS) is 16.2. The first-order valence-electron chi connectivity index (χ1n) is 6.51. The molecule has 1 saturated heterocycles. The maximum absolute atomic E-state index is 11.5. The van der Waals surface area contributed by atoms with E-state index in [9.17, 15) is 4.79 Å². The van der Waals surface area contributed by atoms with E-state index in [1.54, 1.807) is 0 Å². The summed E-state index contributed by atoms with van der Waals surface area (Å²) in [6.45, 7) is 3.05. The molecule has 0 saturated carbocycles. The fraction of sp³-hybridized carbons (Fsp3) is 0.500. The van der Waals surface area contributed by atoms with Crippen LogP contribution in [0.25, 0.3) is 0 Å². The molecule has 0 unspecified atom stereocenters. The van der Waals surface area contributed by atoms with Gasteiger partial charge < -0.3 is 10.1 Å². The van der Waals surface area contributed by atoms with Gasteiger partial charge in [0.05, 0.1) is 6.67 Å². The lowest BCUT2D eigenvalue weighted by Crippen LogP contribution is -2.40. The summed E-state index contributed by atoms with van der Waals surface area (Å²) in [4.78, 5) is 13.7. The second-order valence-corrected chi connectivity index (χ2v) is 4.58. The Morgan fingerprint density at radius 1 is 1.17 bits per heavy atom. The number of hydrogen-bond donors (Lipinski definition) is 1.